The molecule has 0 aliphatic rings. The predicted octanol–water partition coefficient (Wildman–Crippen LogP) is 2.84. The molecule has 0 aliphatic carbocycles. The van der Waals surface area contributed by atoms with Crippen LogP contribution in [-0.4, -0.2) is 31.4 Å². The Morgan fingerprint density at radius 2 is 1.96 bits per heavy atom. The zero-order valence-corrected chi connectivity index (χ0v) is 16.7. The van der Waals surface area contributed by atoms with Gasteiger partial charge in [0.05, 0.1) is 12.8 Å². The number of esters is 1. The van der Waals surface area contributed by atoms with Crippen molar-refractivity contribution in [2.75, 3.05) is 24.9 Å². The van der Waals surface area contributed by atoms with Crippen LogP contribution in [0.4, 0.5) is 5.69 Å². The van der Waals surface area contributed by atoms with E-state index in [1.165, 1.54) is 7.11 Å². The number of amides is 1. The summed E-state index contributed by atoms with van der Waals surface area (Å²) in [5, 5.41) is 4.80. The summed E-state index contributed by atoms with van der Waals surface area (Å²) in [4.78, 5) is 23.7. The third-order valence-electron chi connectivity index (χ3n) is 3.85. The summed E-state index contributed by atoms with van der Waals surface area (Å²) in [5.74, 6) is -0.203. The van der Waals surface area contributed by atoms with Crippen molar-refractivity contribution in [2.45, 2.75) is 12.5 Å². The highest BCUT2D eigenvalue weighted by atomic mass is 79.9. The number of rotatable bonds is 8. The van der Waals surface area contributed by atoms with Crippen molar-refractivity contribution in [1.29, 1.82) is 0 Å². The molecule has 1 amide bonds. The van der Waals surface area contributed by atoms with Crippen LogP contribution in [0.25, 0.3) is 0 Å². The highest BCUT2D eigenvalue weighted by molar-refractivity contribution is 9.10. The summed E-state index contributed by atoms with van der Waals surface area (Å²) in [6.45, 7) is 0.164. The first-order valence-corrected chi connectivity index (χ1v) is 9.48. The van der Waals surface area contributed by atoms with E-state index in [0.717, 1.165) is 15.6 Å². The van der Waals surface area contributed by atoms with Crippen LogP contribution in [0.5, 0.6) is 0 Å². The third-order valence-corrected chi connectivity index (χ3v) is 4.53. The normalized spacial score (nSPS) is 11.7. The number of hydrogen-bond acceptors (Lipinski definition) is 3. The van der Waals surface area contributed by atoms with Gasteiger partial charge in [0.2, 0.25) is 5.91 Å². The number of nitrogens with one attached hydrogen (secondary N) is 1. The number of alkyl halides is 1. The second kappa shape index (κ2) is 10.3. The molecule has 0 aliphatic heterocycles. The minimum atomic E-state index is -0.311. The van der Waals surface area contributed by atoms with Crippen LogP contribution in [0, 0.1) is 0 Å². The van der Waals surface area contributed by atoms with E-state index in [0.29, 0.717) is 5.69 Å². The van der Waals surface area contributed by atoms with Gasteiger partial charge in [0.1, 0.15) is 6.04 Å². The van der Waals surface area contributed by atoms with Crippen LogP contribution in [0.3, 0.4) is 0 Å². The molecule has 3 N–H and O–H groups in total. The molecule has 1 atom stereocenters. The Kier molecular flexibility index (Phi) is 8.09. The summed E-state index contributed by atoms with van der Waals surface area (Å²) in [6.07, 6.45) is 0.235. The SMILES string of the molecule is COC(=O)C[NH2+][C@H](c1ccccc1)c1cc(Br)ccc1NC(=O)CCCl. The summed E-state index contributed by atoms with van der Waals surface area (Å²) in [5.41, 5.74) is 2.60. The van der Waals surface area contributed by atoms with Gasteiger partial charge in [0, 0.05) is 27.9 Å². The number of ether oxygens (including phenoxy) is 1. The zero-order chi connectivity index (χ0) is 18.9. The van der Waals surface area contributed by atoms with E-state index in [-0.39, 0.29) is 36.8 Å². The van der Waals surface area contributed by atoms with E-state index in [4.69, 9.17) is 16.3 Å². The maximum absolute atomic E-state index is 12.0. The summed E-state index contributed by atoms with van der Waals surface area (Å²) in [7, 11) is 1.37. The van der Waals surface area contributed by atoms with Crippen molar-refractivity contribution in [3.8, 4) is 0 Å². The number of carbonyl (C=O) groups excluding carboxylic acids is 2. The van der Waals surface area contributed by atoms with E-state index < -0.39 is 0 Å². The Hall–Kier alpha value is -1.89. The number of hydrogen-bond donors (Lipinski definition) is 2. The van der Waals surface area contributed by atoms with E-state index in [9.17, 15) is 9.59 Å². The molecule has 2 rings (SSSR count). The van der Waals surface area contributed by atoms with Crippen molar-refractivity contribution < 1.29 is 19.6 Å². The molecular formula is C19H21BrClN2O3+. The maximum atomic E-state index is 12.0. The molecule has 0 bridgehead atoms. The first kappa shape index (κ1) is 20.4. The smallest absolute Gasteiger partial charge is 0.361 e. The van der Waals surface area contributed by atoms with Gasteiger partial charge in [-0.3, -0.25) is 4.79 Å². The average Bonchev–Trinajstić information content (AvgIpc) is 2.64. The fraction of sp³-hybridized carbons (Fsp3) is 0.263. The molecule has 0 heterocycles. The topological polar surface area (TPSA) is 72.0 Å². The third kappa shape index (κ3) is 5.83. The summed E-state index contributed by atoms with van der Waals surface area (Å²) < 4.78 is 5.64. The van der Waals surface area contributed by atoms with Crippen LogP contribution in [0.1, 0.15) is 23.6 Å². The Labute approximate surface area is 166 Å². The molecule has 0 spiro atoms. The average molecular weight is 441 g/mol. The van der Waals surface area contributed by atoms with Gasteiger partial charge in [0.25, 0.3) is 0 Å². The van der Waals surface area contributed by atoms with Crippen molar-refractivity contribution in [3.05, 3.63) is 64.1 Å². The molecule has 0 saturated carbocycles. The molecule has 0 unspecified atom stereocenters. The number of nitrogens with two attached hydrogens (primary N) is 1. The quantitative estimate of drug-likeness (QED) is 0.490. The van der Waals surface area contributed by atoms with Gasteiger partial charge in [0.15, 0.2) is 6.54 Å². The summed E-state index contributed by atoms with van der Waals surface area (Å²) >= 11 is 9.15. The number of halogens is 2. The monoisotopic (exact) mass is 439 g/mol. The zero-order valence-electron chi connectivity index (χ0n) is 14.4. The van der Waals surface area contributed by atoms with Gasteiger partial charge in [-0.25, -0.2) is 4.79 Å². The van der Waals surface area contributed by atoms with Crippen molar-refractivity contribution in [1.82, 2.24) is 0 Å². The largest absolute Gasteiger partial charge is 0.465 e. The van der Waals surface area contributed by atoms with Gasteiger partial charge in [-0.05, 0) is 18.2 Å². The fourth-order valence-electron chi connectivity index (χ4n) is 2.60. The van der Waals surface area contributed by atoms with Crippen LogP contribution in [0.15, 0.2) is 53.0 Å². The molecule has 138 valence electrons. The number of carbonyl (C=O) groups is 2. The van der Waals surface area contributed by atoms with Crippen LogP contribution >= 0.6 is 27.5 Å². The molecule has 2 aromatic rings. The predicted molar refractivity (Wildman–Crippen MR) is 105 cm³/mol. The molecule has 5 nitrogen and oxygen atoms in total. The highest BCUT2D eigenvalue weighted by Crippen LogP contribution is 2.29. The Balaban J connectivity index is 2.40. The van der Waals surface area contributed by atoms with Gasteiger partial charge in [-0.15, -0.1) is 11.6 Å². The molecule has 0 radical (unpaired) electrons. The second-order valence-electron chi connectivity index (χ2n) is 5.62. The van der Waals surface area contributed by atoms with E-state index in [2.05, 4.69) is 21.2 Å². The van der Waals surface area contributed by atoms with Crippen molar-refractivity contribution >= 4 is 45.1 Å². The molecular weight excluding hydrogens is 420 g/mol. The molecule has 0 saturated heterocycles. The minimum Gasteiger partial charge on any atom is -0.465 e. The first-order valence-electron chi connectivity index (χ1n) is 8.15. The van der Waals surface area contributed by atoms with Gasteiger partial charge < -0.3 is 15.4 Å². The number of methoxy groups -OCH3 is 1. The molecule has 0 aromatic heterocycles. The van der Waals surface area contributed by atoms with E-state index >= 15 is 0 Å². The second-order valence-corrected chi connectivity index (χ2v) is 6.92. The van der Waals surface area contributed by atoms with Gasteiger partial charge in [-0.1, -0.05) is 46.3 Å². The molecule has 0 fully saturated rings. The summed E-state index contributed by atoms with van der Waals surface area (Å²) in [6, 6.07) is 15.3. The fourth-order valence-corrected chi connectivity index (χ4v) is 3.15. The highest BCUT2D eigenvalue weighted by Gasteiger charge is 2.23. The van der Waals surface area contributed by atoms with Crippen molar-refractivity contribution in [3.63, 3.8) is 0 Å². The Morgan fingerprint density at radius 1 is 1.23 bits per heavy atom. The standard InChI is InChI=1S/C19H20BrClN2O3/c1-26-18(25)12-22-19(13-5-3-2-4-6-13)15-11-14(20)7-8-16(15)23-17(24)9-10-21/h2-8,11,19,22H,9-10,12H2,1H3,(H,23,24)/p+1/t19-/m1/s1. The van der Waals surface area contributed by atoms with Crippen LogP contribution in [-0.2, 0) is 14.3 Å². The lowest BCUT2D eigenvalue weighted by Crippen LogP contribution is -2.87. The Bertz CT molecular complexity index is 756. The van der Waals surface area contributed by atoms with E-state index in [1.807, 2.05) is 53.8 Å². The van der Waals surface area contributed by atoms with Gasteiger partial charge in [-0.2, -0.15) is 0 Å². The van der Waals surface area contributed by atoms with E-state index in [1.54, 1.807) is 0 Å². The molecule has 7 heteroatoms. The Morgan fingerprint density at radius 3 is 2.62 bits per heavy atom. The lowest BCUT2D eigenvalue weighted by Gasteiger charge is -2.20. The minimum absolute atomic E-state index is 0.150. The number of quaternary nitrogens is 1. The maximum Gasteiger partial charge on any atom is 0.361 e. The van der Waals surface area contributed by atoms with Crippen LogP contribution < -0.4 is 10.6 Å². The lowest BCUT2D eigenvalue weighted by molar-refractivity contribution is -0.677. The van der Waals surface area contributed by atoms with Crippen LogP contribution in [0.2, 0.25) is 0 Å². The molecule has 2 aromatic carbocycles. The first-order chi connectivity index (χ1) is 12.5. The van der Waals surface area contributed by atoms with Gasteiger partial charge >= 0.3 is 5.97 Å². The lowest BCUT2D eigenvalue weighted by atomic mass is 9.97. The molecule has 26 heavy (non-hydrogen) atoms. The number of anilines is 1. The van der Waals surface area contributed by atoms with Crippen molar-refractivity contribution in [2.24, 2.45) is 0 Å². The number of benzene rings is 2.